The summed E-state index contributed by atoms with van der Waals surface area (Å²) < 4.78 is 5.47. The molecule has 3 aliphatic rings. The second-order valence-corrected chi connectivity index (χ2v) is 7.29. The van der Waals surface area contributed by atoms with E-state index in [0.29, 0.717) is 12.1 Å². The number of morpholine rings is 1. The molecule has 2 N–H and O–H groups in total. The summed E-state index contributed by atoms with van der Waals surface area (Å²) in [4.78, 5) is 5.33. The first-order valence-electron chi connectivity index (χ1n) is 8.46. The average Bonchev–Trinajstić information content (AvgIpc) is 2.88. The molecule has 2 heterocycles. The molecule has 116 valence electrons. The Labute approximate surface area is 123 Å². The van der Waals surface area contributed by atoms with E-state index < -0.39 is 0 Å². The molecule has 1 saturated carbocycles. The van der Waals surface area contributed by atoms with Crippen molar-refractivity contribution >= 4 is 0 Å². The van der Waals surface area contributed by atoms with Crippen molar-refractivity contribution in [3.63, 3.8) is 0 Å². The minimum absolute atomic E-state index is 0.372. The second-order valence-electron chi connectivity index (χ2n) is 7.29. The van der Waals surface area contributed by atoms with Crippen molar-refractivity contribution in [1.82, 2.24) is 9.80 Å². The lowest BCUT2D eigenvalue weighted by Crippen LogP contribution is -2.55. The lowest BCUT2D eigenvalue weighted by Gasteiger charge is -2.43. The standard InChI is InChI=1S/C16H31N3O/c1-12-9-13(2)16(15(17)10-12)19-4-3-14(11-19)18-5-7-20-8-6-18/h12-16H,3-11,17H2,1-2H3. The van der Waals surface area contributed by atoms with Crippen LogP contribution >= 0.6 is 0 Å². The van der Waals surface area contributed by atoms with Crippen LogP contribution in [0.5, 0.6) is 0 Å². The van der Waals surface area contributed by atoms with Crippen LogP contribution in [0.15, 0.2) is 0 Å². The first-order valence-corrected chi connectivity index (χ1v) is 8.46. The third-order valence-corrected chi connectivity index (χ3v) is 5.65. The van der Waals surface area contributed by atoms with Crippen LogP contribution in [0.4, 0.5) is 0 Å². The van der Waals surface area contributed by atoms with Gasteiger partial charge in [0.1, 0.15) is 0 Å². The van der Waals surface area contributed by atoms with Gasteiger partial charge >= 0.3 is 0 Å². The smallest absolute Gasteiger partial charge is 0.0594 e. The molecule has 0 bridgehead atoms. The van der Waals surface area contributed by atoms with Gasteiger partial charge in [0.25, 0.3) is 0 Å². The summed E-state index contributed by atoms with van der Waals surface area (Å²) in [6.45, 7) is 11.3. The van der Waals surface area contributed by atoms with Crippen LogP contribution in [0, 0.1) is 11.8 Å². The number of nitrogens with zero attached hydrogens (tertiary/aromatic N) is 2. The molecule has 4 nitrogen and oxygen atoms in total. The van der Waals surface area contributed by atoms with E-state index in [1.165, 1.54) is 32.4 Å². The maximum atomic E-state index is 6.49. The fourth-order valence-corrected chi connectivity index (χ4v) is 4.81. The number of nitrogens with two attached hydrogens (primary N) is 1. The predicted molar refractivity (Wildman–Crippen MR) is 81.7 cm³/mol. The highest BCUT2D eigenvalue weighted by molar-refractivity contribution is 4.96. The molecule has 1 aliphatic carbocycles. The van der Waals surface area contributed by atoms with Crippen molar-refractivity contribution in [2.24, 2.45) is 17.6 Å². The Hall–Kier alpha value is -0.160. The van der Waals surface area contributed by atoms with Gasteiger partial charge in [-0.3, -0.25) is 9.80 Å². The highest BCUT2D eigenvalue weighted by Crippen LogP contribution is 2.33. The summed E-state index contributed by atoms with van der Waals surface area (Å²) >= 11 is 0. The molecule has 3 fully saturated rings. The van der Waals surface area contributed by atoms with Gasteiger partial charge in [-0.25, -0.2) is 0 Å². The maximum Gasteiger partial charge on any atom is 0.0594 e. The largest absolute Gasteiger partial charge is 0.379 e. The van der Waals surface area contributed by atoms with E-state index in [2.05, 4.69) is 23.6 Å². The van der Waals surface area contributed by atoms with Crippen LogP contribution in [-0.2, 0) is 4.74 Å². The molecule has 0 radical (unpaired) electrons. The first-order chi connectivity index (χ1) is 9.65. The summed E-state index contributed by atoms with van der Waals surface area (Å²) in [6.07, 6.45) is 3.86. The Morgan fingerprint density at radius 3 is 2.45 bits per heavy atom. The third-order valence-electron chi connectivity index (χ3n) is 5.65. The van der Waals surface area contributed by atoms with Gasteiger partial charge in [0.15, 0.2) is 0 Å². The summed E-state index contributed by atoms with van der Waals surface area (Å²) in [5.41, 5.74) is 6.49. The van der Waals surface area contributed by atoms with Gasteiger partial charge in [-0.2, -0.15) is 0 Å². The molecule has 3 rings (SSSR count). The van der Waals surface area contributed by atoms with Crippen LogP contribution in [0.1, 0.15) is 33.1 Å². The predicted octanol–water partition coefficient (Wildman–Crippen LogP) is 1.15. The zero-order valence-corrected chi connectivity index (χ0v) is 13.1. The zero-order valence-electron chi connectivity index (χ0n) is 13.1. The van der Waals surface area contributed by atoms with Crippen molar-refractivity contribution < 1.29 is 4.74 Å². The molecule has 0 amide bonds. The van der Waals surface area contributed by atoms with Crippen molar-refractivity contribution in [2.75, 3.05) is 39.4 Å². The normalized spacial score (nSPS) is 44.9. The van der Waals surface area contributed by atoms with E-state index in [1.54, 1.807) is 0 Å². The molecule has 4 heteroatoms. The van der Waals surface area contributed by atoms with Crippen molar-refractivity contribution in [3.05, 3.63) is 0 Å². The van der Waals surface area contributed by atoms with Gasteiger partial charge in [0.05, 0.1) is 13.2 Å². The van der Waals surface area contributed by atoms with Crippen LogP contribution in [0.25, 0.3) is 0 Å². The molecule has 0 aromatic rings. The van der Waals surface area contributed by atoms with Crippen LogP contribution in [-0.4, -0.2) is 67.3 Å². The summed E-state index contributed by atoms with van der Waals surface area (Å²) in [6, 6.07) is 1.71. The van der Waals surface area contributed by atoms with Gasteiger partial charge in [0, 0.05) is 44.3 Å². The number of ether oxygens (including phenoxy) is 1. The van der Waals surface area contributed by atoms with E-state index in [9.17, 15) is 0 Å². The maximum absolute atomic E-state index is 6.49. The van der Waals surface area contributed by atoms with Gasteiger partial charge in [-0.05, 0) is 31.1 Å². The first kappa shape index (κ1) is 14.8. The number of hydrogen-bond donors (Lipinski definition) is 1. The monoisotopic (exact) mass is 281 g/mol. The highest BCUT2D eigenvalue weighted by atomic mass is 16.5. The Bertz CT molecular complexity index is 307. The van der Waals surface area contributed by atoms with Gasteiger partial charge in [0.2, 0.25) is 0 Å². The molecular formula is C16H31N3O. The lowest BCUT2D eigenvalue weighted by atomic mass is 9.76. The van der Waals surface area contributed by atoms with Crippen LogP contribution in [0.3, 0.4) is 0 Å². The summed E-state index contributed by atoms with van der Waals surface area (Å²) in [5, 5.41) is 0. The van der Waals surface area contributed by atoms with E-state index in [-0.39, 0.29) is 0 Å². The van der Waals surface area contributed by atoms with Gasteiger partial charge < -0.3 is 10.5 Å². The van der Waals surface area contributed by atoms with Crippen LogP contribution in [0.2, 0.25) is 0 Å². The molecule has 0 spiro atoms. The molecule has 2 saturated heterocycles. The van der Waals surface area contributed by atoms with Crippen LogP contribution < -0.4 is 5.73 Å². The van der Waals surface area contributed by atoms with E-state index >= 15 is 0 Å². The molecule has 0 aromatic carbocycles. The SMILES string of the molecule is CC1CC(C)C(N2CCC(N3CCOCC3)C2)C(N)C1. The molecule has 0 aromatic heterocycles. The number of likely N-dealkylation sites (tertiary alicyclic amines) is 1. The summed E-state index contributed by atoms with van der Waals surface area (Å²) in [5.74, 6) is 1.55. The average molecular weight is 281 g/mol. The number of rotatable bonds is 2. The quantitative estimate of drug-likeness (QED) is 0.824. The Morgan fingerprint density at radius 1 is 1.00 bits per heavy atom. The second kappa shape index (κ2) is 6.30. The van der Waals surface area contributed by atoms with Gasteiger partial charge in [-0.1, -0.05) is 13.8 Å². The molecule has 5 unspecified atom stereocenters. The zero-order chi connectivity index (χ0) is 14.1. The van der Waals surface area contributed by atoms with E-state index in [0.717, 1.165) is 44.2 Å². The highest BCUT2D eigenvalue weighted by Gasteiger charge is 2.39. The minimum Gasteiger partial charge on any atom is -0.379 e. The number of hydrogen-bond acceptors (Lipinski definition) is 4. The Kier molecular flexibility index (Phi) is 4.65. The molecule has 2 aliphatic heterocycles. The van der Waals surface area contributed by atoms with Crippen molar-refractivity contribution in [1.29, 1.82) is 0 Å². The molecule has 20 heavy (non-hydrogen) atoms. The summed E-state index contributed by atoms with van der Waals surface area (Å²) in [7, 11) is 0. The minimum atomic E-state index is 0.372. The lowest BCUT2D eigenvalue weighted by molar-refractivity contribution is 0.0147. The van der Waals surface area contributed by atoms with Gasteiger partial charge in [-0.15, -0.1) is 0 Å². The van der Waals surface area contributed by atoms with Crippen molar-refractivity contribution in [2.45, 2.75) is 51.2 Å². The van der Waals surface area contributed by atoms with E-state index in [4.69, 9.17) is 10.5 Å². The fourth-order valence-electron chi connectivity index (χ4n) is 4.81. The molecule has 5 atom stereocenters. The Balaban J connectivity index is 1.58. The van der Waals surface area contributed by atoms with E-state index in [1.807, 2.05) is 0 Å². The third kappa shape index (κ3) is 3.03. The Morgan fingerprint density at radius 2 is 1.75 bits per heavy atom. The fraction of sp³-hybridized carbons (Fsp3) is 1.00. The van der Waals surface area contributed by atoms with Crippen molar-refractivity contribution in [3.8, 4) is 0 Å². The topological polar surface area (TPSA) is 41.7 Å². The molecular weight excluding hydrogens is 250 g/mol.